The Hall–Kier alpha value is -3.52. The summed E-state index contributed by atoms with van der Waals surface area (Å²) in [5.74, 6) is 3.36. The predicted molar refractivity (Wildman–Crippen MR) is 130 cm³/mol. The minimum atomic E-state index is -0.471. The van der Waals surface area contributed by atoms with Crippen molar-refractivity contribution >= 4 is 23.2 Å². The fourth-order valence-electron chi connectivity index (χ4n) is 4.26. The Balaban J connectivity index is 1.08. The Kier molecular flexibility index (Phi) is 6.40. The van der Waals surface area contributed by atoms with Gasteiger partial charge in [0.1, 0.15) is 29.1 Å². The van der Waals surface area contributed by atoms with Crippen LogP contribution in [0.3, 0.4) is 0 Å². The second-order valence-electron chi connectivity index (χ2n) is 9.15. The van der Waals surface area contributed by atoms with Crippen LogP contribution in [0.25, 0.3) is 5.76 Å². The molecule has 3 N–H and O–H groups in total. The first-order chi connectivity index (χ1) is 16.5. The summed E-state index contributed by atoms with van der Waals surface area (Å²) in [4.78, 5) is 24.7. The highest BCUT2D eigenvalue weighted by Crippen LogP contribution is 2.38. The van der Waals surface area contributed by atoms with Gasteiger partial charge in [0.15, 0.2) is 0 Å². The molecular weight excluding hydrogens is 432 g/mol. The molecule has 1 saturated heterocycles. The number of carbonyl (C=O) groups is 1. The van der Waals surface area contributed by atoms with E-state index in [9.17, 15) is 9.90 Å². The van der Waals surface area contributed by atoms with Crippen molar-refractivity contribution in [3.8, 4) is 5.75 Å². The Bertz CT molecular complexity index is 1070. The summed E-state index contributed by atoms with van der Waals surface area (Å²) in [5, 5.41) is 12.4. The van der Waals surface area contributed by atoms with Gasteiger partial charge in [0.25, 0.3) is 0 Å². The van der Waals surface area contributed by atoms with E-state index in [1.54, 1.807) is 18.3 Å². The first-order valence-electron chi connectivity index (χ1n) is 11.8. The van der Waals surface area contributed by atoms with Crippen LogP contribution in [-0.2, 0) is 9.63 Å². The monoisotopic (exact) mass is 462 g/mol. The molecule has 0 bridgehead atoms. The normalized spacial score (nSPS) is 20.4. The Labute approximate surface area is 199 Å². The Morgan fingerprint density at radius 1 is 1.24 bits per heavy atom. The number of allylic oxidation sites excluding steroid dienone is 1. The molecule has 1 aromatic heterocycles. The van der Waals surface area contributed by atoms with Crippen LogP contribution in [-0.4, -0.2) is 41.7 Å². The van der Waals surface area contributed by atoms with Gasteiger partial charge < -0.3 is 24.9 Å². The molecule has 3 aliphatic rings. The maximum atomic E-state index is 12.5. The fraction of sp³-hybridized carbons (Fsp3) is 0.385. The lowest BCUT2D eigenvalue weighted by Gasteiger charge is -2.32. The highest BCUT2D eigenvalue weighted by atomic mass is 16.7. The van der Waals surface area contributed by atoms with Gasteiger partial charge in [-0.1, -0.05) is 18.7 Å². The minimum absolute atomic E-state index is 0.0422. The number of carbonyl (C=O) groups excluding carboxylic acids is 1. The van der Waals surface area contributed by atoms with E-state index >= 15 is 0 Å². The number of aliphatic hydroxyl groups is 1. The third kappa shape index (κ3) is 5.34. The fourth-order valence-corrected chi connectivity index (χ4v) is 4.26. The molecule has 8 nitrogen and oxygen atoms in total. The maximum Gasteiger partial charge on any atom is 0.249 e. The lowest BCUT2D eigenvalue weighted by molar-refractivity contribution is -0.118. The largest absolute Gasteiger partial charge is 0.508 e. The van der Waals surface area contributed by atoms with Crippen molar-refractivity contribution in [3.63, 3.8) is 0 Å². The van der Waals surface area contributed by atoms with E-state index in [1.165, 1.54) is 0 Å². The third-order valence-electron chi connectivity index (χ3n) is 6.50. The van der Waals surface area contributed by atoms with Crippen molar-refractivity contribution in [1.29, 1.82) is 0 Å². The van der Waals surface area contributed by atoms with Crippen molar-refractivity contribution in [2.75, 3.05) is 29.9 Å². The number of rotatable bonds is 8. The van der Waals surface area contributed by atoms with Gasteiger partial charge in [-0.15, -0.1) is 5.48 Å². The lowest BCUT2D eigenvalue weighted by atomic mass is 9.98. The number of amides is 1. The van der Waals surface area contributed by atoms with Gasteiger partial charge in [-0.25, -0.2) is 4.98 Å². The minimum Gasteiger partial charge on any atom is -0.508 e. The summed E-state index contributed by atoms with van der Waals surface area (Å²) >= 11 is 0. The number of piperidine rings is 1. The van der Waals surface area contributed by atoms with Crippen molar-refractivity contribution < 1.29 is 19.5 Å². The number of hydrogen-bond acceptors (Lipinski definition) is 7. The number of nitrogens with zero attached hydrogens (tertiary/aromatic N) is 2. The SMILES string of the molecule is C=C(O)c1cccc(OCC2CCN(c3ccc(NC(=O)C4C=C(C5CC5)ON4)cn3)CC2)c1. The summed E-state index contributed by atoms with van der Waals surface area (Å²) in [6, 6.07) is 10.7. The number of aromatic nitrogens is 1. The molecule has 2 fully saturated rings. The molecule has 0 spiro atoms. The van der Waals surface area contributed by atoms with Crippen LogP contribution in [0.1, 0.15) is 31.2 Å². The number of ether oxygens (including phenoxy) is 1. The quantitative estimate of drug-likeness (QED) is 0.510. The summed E-state index contributed by atoms with van der Waals surface area (Å²) in [6.45, 7) is 6.00. The number of hydroxylamine groups is 1. The van der Waals surface area contributed by atoms with Gasteiger partial charge in [-0.05, 0) is 61.9 Å². The van der Waals surface area contributed by atoms with Gasteiger partial charge in [0, 0.05) is 24.6 Å². The van der Waals surface area contributed by atoms with Crippen LogP contribution in [0, 0.1) is 11.8 Å². The van der Waals surface area contributed by atoms with Gasteiger partial charge in [-0.3, -0.25) is 4.79 Å². The molecule has 1 atom stereocenters. The molecular formula is C26H30N4O4. The zero-order valence-electron chi connectivity index (χ0n) is 19.1. The first kappa shape index (κ1) is 22.3. The molecule has 0 radical (unpaired) electrons. The van der Waals surface area contributed by atoms with E-state index in [4.69, 9.17) is 9.57 Å². The lowest BCUT2D eigenvalue weighted by Crippen LogP contribution is -2.36. The molecule has 178 valence electrons. The summed E-state index contributed by atoms with van der Waals surface area (Å²) in [6.07, 6.45) is 7.85. The number of aliphatic hydroxyl groups excluding tert-OH is 1. The summed E-state index contributed by atoms with van der Waals surface area (Å²) in [5.41, 5.74) is 4.12. The zero-order chi connectivity index (χ0) is 23.5. The molecule has 1 aromatic carbocycles. The average Bonchev–Trinajstić information content (AvgIpc) is 3.60. The Morgan fingerprint density at radius 3 is 2.76 bits per heavy atom. The molecule has 1 amide bonds. The average molecular weight is 463 g/mol. The third-order valence-corrected chi connectivity index (χ3v) is 6.50. The van der Waals surface area contributed by atoms with Crippen molar-refractivity contribution in [2.45, 2.75) is 31.7 Å². The molecule has 3 heterocycles. The topological polar surface area (TPSA) is 96.0 Å². The number of nitrogens with one attached hydrogen (secondary N) is 2. The first-order valence-corrected chi connectivity index (χ1v) is 11.8. The maximum absolute atomic E-state index is 12.5. The smallest absolute Gasteiger partial charge is 0.249 e. The highest BCUT2D eigenvalue weighted by Gasteiger charge is 2.34. The molecule has 1 saturated carbocycles. The number of anilines is 2. The van der Waals surface area contributed by atoms with Crippen LogP contribution in [0.15, 0.2) is 61.0 Å². The number of benzene rings is 1. The van der Waals surface area contributed by atoms with E-state index < -0.39 is 6.04 Å². The standard InChI is InChI=1S/C26H30N4O4/c1-17(31)20-3-2-4-22(13-20)33-16-18-9-11-30(12-10-18)25-8-7-21(15-27-25)28-26(32)23-14-24(34-29-23)19-5-6-19/h2-4,7-8,13-15,18-19,23,29,31H,1,5-6,9-12,16H2,(H,28,32). The van der Waals surface area contributed by atoms with Crippen LogP contribution in [0.2, 0.25) is 0 Å². The predicted octanol–water partition coefficient (Wildman–Crippen LogP) is 4.04. The second-order valence-corrected chi connectivity index (χ2v) is 9.15. The molecule has 1 aliphatic carbocycles. The van der Waals surface area contributed by atoms with E-state index in [0.29, 0.717) is 29.7 Å². The molecule has 2 aromatic rings. The molecule has 8 heteroatoms. The summed E-state index contributed by atoms with van der Waals surface area (Å²) < 4.78 is 5.95. The number of pyridine rings is 1. The van der Waals surface area contributed by atoms with Gasteiger partial charge in [0.05, 0.1) is 18.5 Å². The zero-order valence-corrected chi connectivity index (χ0v) is 19.1. The molecule has 34 heavy (non-hydrogen) atoms. The molecule has 2 aliphatic heterocycles. The van der Waals surface area contributed by atoms with E-state index in [2.05, 4.69) is 27.3 Å². The van der Waals surface area contributed by atoms with Gasteiger partial charge >= 0.3 is 0 Å². The van der Waals surface area contributed by atoms with E-state index in [1.807, 2.05) is 30.3 Å². The van der Waals surface area contributed by atoms with Gasteiger partial charge in [-0.2, -0.15) is 0 Å². The van der Waals surface area contributed by atoms with E-state index in [-0.39, 0.29) is 11.7 Å². The molecule has 1 unspecified atom stereocenters. The molecule has 5 rings (SSSR count). The van der Waals surface area contributed by atoms with Crippen LogP contribution in [0.4, 0.5) is 11.5 Å². The van der Waals surface area contributed by atoms with Crippen molar-refractivity contribution in [1.82, 2.24) is 10.5 Å². The van der Waals surface area contributed by atoms with E-state index in [0.717, 1.165) is 56.1 Å². The van der Waals surface area contributed by atoms with Crippen LogP contribution >= 0.6 is 0 Å². The Morgan fingerprint density at radius 2 is 2.06 bits per heavy atom. The van der Waals surface area contributed by atoms with Crippen LogP contribution in [0.5, 0.6) is 5.75 Å². The summed E-state index contributed by atoms with van der Waals surface area (Å²) in [7, 11) is 0. The van der Waals surface area contributed by atoms with Crippen LogP contribution < -0.4 is 20.4 Å². The second kappa shape index (κ2) is 9.77. The van der Waals surface area contributed by atoms with Gasteiger partial charge in [0.2, 0.25) is 5.91 Å². The van der Waals surface area contributed by atoms with Crippen molar-refractivity contribution in [2.24, 2.45) is 11.8 Å². The van der Waals surface area contributed by atoms with Crippen molar-refractivity contribution in [3.05, 3.63) is 66.6 Å². The number of hydrogen-bond donors (Lipinski definition) is 3. The highest BCUT2D eigenvalue weighted by molar-refractivity contribution is 5.96.